The summed E-state index contributed by atoms with van der Waals surface area (Å²) < 4.78 is 15.5. The summed E-state index contributed by atoms with van der Waals surface area (Å²) in [6.45, 7) is 4.94. The van der Waals surface area contributed by atoms with Crippen molar-refractivity contribution in [3.63, 3.8) is 0 Å². The Kier molecular flexibility index (Phi) is 5.76. The maximum Gasteiger partial charge on any atom is 0.338 e. The van der Waals surface area contributed by atoms with Crippen molar-refractivity contribution in [3.8, 4) is 0 Å². The van der Waals surface area contributed by atoms with E-state index in [4.69, 9.17) is 14.2 Å². The molecule has 0 amide bonds. The Morgan fingerprint density at radius 2 is 1.81 bits per heavy atom. The molecule has 0 radical (unpaired) electrons. The number of carbonyl (C=O) groups excluding carboxylic acids is 2. The molecule has 1 aliphatic rings. The molecule has 8 nitrogen and oxygen atoms in total. The Morgan fingerprint density at radius 1 is 1.19 bits per heavy atom. The highest BCUT2D eigenvalue weighted by Crippen LogP contribution is 2.42. The first-order valence-electron chi connectivity index (χ1n) is 7.90. The van der Waals surface area contributed by atoms with Gasteiger partial charge in [-0.25, -0.2) is 9.59 Å². The molecule has 8 heteroatoms. The average Bonchev–Trinajstić information content (AvgIpc) is 2.60. The molecule has 0 aliphatic carbocycles. The average molecular weight is 361 g/mol. The van der Waals surface area contributed by atoms with Crippen LogP contribution in [0.25, 0.3) is 0 Å². The summed E-state index contributed by atoms with van der Waals surface area (Å²) in [6.07, 6.45) is 0. The quantitative estimate of drug-likeness (QED) is 0.451. The van der Waals surface area contributed by atoms with Gasteiger partial charge in [0.05, 0.1) is 35.7 Å². The topological polar surface area (TPSA) is 105 Å². The summed E-state index contributed by atoms with van der Waals surface area (Å²) >= 11 is 0. The number of carbonyl (C=O) groups is 2. The van der Waals surface area contributed by atoms with Crippen LogP contribution < -0.4 is 0 Å². The molecule has 0 bridgehead atoms. The fraction of sp³-hybridized carbons (Fsp3) is 0.333. The van der Waals surface area contributed by atoms with Crippen molar-refractivity contribution in [2.24, 2.45) is 0 Å². The first-order valence-corrected chi connectivity index (χ1v) is 7.90. The lowest BCUT2D eigenvalue weighted by Gasteiger charge is -2.29. The van der Waals surface area contributed by atoms with E-state index in [9.17, 15) is 19.7 Å². The van der Waals surface area contributed by atoms with Gasteiger partial charge in [-0.1, -0.05) is 12.1 Å². The maximum atomic E-state index is 12.5. The molecule has 26 heavy (non-hydrogen) atoms. The molecule has 1 unspecified atom stereocenters. The monoisotopic (exact) mass is 361 g/mol. The number of nitro groups is 1. The summed E-state index contributed by atoms with van der Waals surface area (Å²) in [6, 6.07) is 5.74. The van der Waals surface area contributed by atoms with Gasteiger partial charge in [0.1, 0.15) is 11.5 Å². The Balaban J connectivity index is 2.70. The molecular formula is C18H19NO7. The number of rotatable bonds is 5. The van der Waals surface area contributed by atoms with E-state index in [2.05, 4.69) is 0 Å². The fourth-order valence-corrected chi connectivity index (χ4v) is 2.88. The van der Waals surface area contributed by atoms with Gasteiger partial charge in [-0.3, -0.25) is 10.1 Å². The number of nitrogens with zero attached hydrogens (tertiary/aromatic N) is 1. The third-order valence-electron chi connectivity index (χ3n) is 3.96. The number of nitro benzene ring substituents is 1. The Bertz CT molecular complexity index is 823. The molecule has 138 valence electrons. The second-order valence-corrected chi connectivity index (χ2v) is 5.54. The van der Waals surface area contributed by atoms with Gasteiger partial charge in [-0.2, -0.15) is 0 Å². The first-order chi connectivity index (χ1) is 12.3. The number of esters is 2. The summed E-state index contributed by atoms with van der Waals surface area (Å²) in [5.74, 6) is -1.71. The molecule has 0 saturated heterocycles. The van der Waals surface area contributed by atoms with Gasteiger partial charge in [0.15, 0.2) is 0 Å². The molecule has 0 N–H and O–H groups in total. The standard InChI is InChI=1S/C18H19NO7/c1-5-25-18(21)15-11(3)26-10(2)14(17(20)24-4)16(15)12-7-6-8-13(9-12)19(22)23/h6-9,16H,5H2,1-4H3. The smallest absolute Gasteiger partial charge is 0.338 e. The third kappa shape index (κ3) is 3.58. The van der Waals surface area contributed by atoms with E-state index >= 15 is 0 Å². The van der Waals surface area contributed by atoms with Crippen molar-refractivity contribution in [3.05, 3.63) is 62.6 Å². The van der Waals surface area contributed by atoms with Crippen LogP contribution in [-0.4, -0.2) is 30.6 Å². The van der Waals surface area contributed by atoms with Crippen LogP contribution in [0.5, 0.6) is 0 Å². The van der Waals surface area contributed by atoms with Crippen LogP contribution in [0.3, 0.4) is 0 Å². The van der Waals surface area contributed by atoms with E-state index in [1.807, 2.05) is 0 Å². The van der Waals surface area contributed by atoms with Crippen molar-refractivity contribution in [2.75, 3.05) is 13.7 Å². The molecule has 0 aromatic heterocycles. The van der Waals surface area contributed by atoms with E-state index in [0.29, 0.717) is 5.56 Å². The number of non-ortho nitro benzene ring substituents is 1. The minimum atomic E-state index is -0.893. The van der Waals surface area contributed by atoms with E-state index < -0.39 is 22.8 Å². The summed E-state index contributed by atoms with van der Waals surface area (Å²) in [5, 5.41) is 11.1. The zero-order valence-corrected chi connectivity index (χ0v) is 14.9. The first kappa shape index (κ1) is 19.2. The van der Waals surface area contributed by atoms with Gasteiger partial charge in [0.2, 0.25) is 0 Å². The normalized spacial score (nSPS) is 16.8. The van der Waals surface area contributed by atoms with Crippen LogP contribution in [0.1, 0.15) is 32.3 Å². The fourth-order valence-electron chi connectivity index (χ4n) is 2.88. The highest BCUT2D eigenvalue weighted by atomic mass is 16.6. The van der Waals surface area contributed by atoms with Gasteiger partial charge in [-0.05, 0) is 26.3 Å². The molecule has 1 aliphatic heterocycles. The third-order valence-corrected chi connectivity index (χ3v) is 3.96. The molecule has 2 rings (SSSR count). The van der Waals surface area contributed by atoms with Crippen LogP contribution in [0, 0.1) is 10.1 Å². The zero-order valence-electron chi connectivity index (χ0n) is 14.9. The lowest BCUT2D eigenvalue weighted by atomic mass is 9.81. The lowest BCUT2D eigenvalue weighted by molar-refractivity contribution is -0.384. The van der Waals surface area contributed by atoms with Gasteiger partial charge in [0, 0.05) is 12.1 Å². The summed E-state index contributed by atoms with van der Waals surface area (Å²) in [7, 11) is 1.21. The van der Waals surface area contributed by atoms with Crippen LogP contribution in [0.15, 0.2) is 46.9 Å². The number of benzene rings is 1. The minimum absolute atomic E-state index is 0.0988. The second kappa shape index (κ2) is 7.81. The van der Waals surface area contributed by atoms with Crippen LogP contribution in [0.4, 0.5) is 5.69 Å². The van der Waals surface area contributed by atoms with Crippen LogP contribution in [-0.2, 0) is 23.8 Å². The number of allylic oxidation sites excluding steroid dienone is 2. The Labute approximate surface area is 150 Å². The number of hydrogen-bond acceptors (Lipinski definition) is 7. The van der Waals surface area contributed by atoms with Gasteiger partial charge >= 0.3 is 11.9 Å². The van der Waals surface area contributed by atoms with Crippen molar-refractivity contribution in [2.45, 2.75) is 26.7 Å². The highest BCUT2D eigenvalue weighted by Gasteiger charge is 2.39. The van der Waals surface area contributed by atoms with Crippen molar-refractivity contribution < 1.29 is 28.7 Å². The Hall–Kier alpha value is -3.16. The maximum absolute atomic E-state index is 12.5. The van der Waals surface area contributed by atoms with Crippen LogP contribution in [0.2, 0.25) is 0 Å². The molecule has 1 aromatic rings. The number of methoxy groups -OCH3 is 1. The molecule has 1 aromatic carbocycles. The summed E-state index contributed by atoms with van der Waals surface area (Å²) in [5.41, 5.74) is 0.446. The lowest BCUT2D eigenvalue weighted by Crippen LogP contribution is -2.27. The SMILES string of the molecule is CCOC(=O)C1=C(C)OC(C)=C(C(=O)OC)C1c1cccc([N+](=O)[O-])c1. The van der Waals surface area contributed by atoms with Gasteiger partial charge in [0.25, 0.3) is 5.69 Å². The van der Waals surface area contributed by atoms with Gasteiger partial charge in [-0.15, -0.1) is 0 Å². The second-order valence-electron chi connectivity index (χ2n) is 5.54. The number of ether oxygens (including phenoxy) is 3. The van der Waals surface area contributed by atoms with E-state index in [-0.39, 0.29) is 35.0 Å². The molecule has 1 atom stereocenters. The van der Waals surface area contributed by atoms with E-state index in [1.165, 1.54) is 25.3 Å². The molecular weight excluding hydrogens is 342 g/mol. The van der Waals surface area contributed by atoms with Crippen molar-refractivity contribution in [1.82, 2.24) is 0 Å². The predicted molar refractivity (Wildman–Crippen MR) is 91.0 cm³/mol. The van der Waals surface area contributed by atoms with Crippen LogP contribution >= 0.6 is 0 Å². The zero-order chi connectivity index (χ0) is 19.4. The van der Waals surface area contributed by atoms with E-state index in [1.54, 1.807) is 26.8 Å². The van der Waals surface area contributed by atoms with Gasteiger partial charge < -0.3 is 14.2 Å². The Morgan fingerprint density at radius 3 is 2.35 bits per heavy atom. The highest BCUT2D eigenvalue weighted by molar-refractivity contribution is 5.99. The van der Waals surface area contributed by atoms with Crippen molar-refractivity contribution in [1.29, 1.82) is 0 Å². The molecule has 1 heterocycles. The van der Waals surface area contributed by atoms with Crippen molar-refractivity contribution >= 4 is 17.6 Å². The molecule has 0 spiro atoms. The molecule has 0 saturated carbocycles. The number of hydrogen-bond donors (Lipinski definition) is 0. The predicted octanol–water partition coefficient (Wildman–Crippen LogP) is 2.99. The summed E-state index contributed by atoms with van der Waals surface area (Å²) in [4.78, 5) is 35.4. The minimum Gasteiger partial charge on any atom is -0.466 e. The van der Waals surface area contributed by atoms with E-state index in [0.717, 1.165) is 0 Å². The molecule has 0 fully saturated rings. The largest absolute Gasteiger partial charge is 0.466 e.